The summed E-state index contributed by atoms with van der Waals surface area (Å²) in [5.41, 5.74) is 0.593. The van der Waals surface area contributed by atoms with Crippen LogP contribution in [0.2, 0.25) is 0 Å². The minimum absolute atomic E-state index is 0.0728. The molecule has 1 aromatic heterocycles. The standard InChI is InChI=1S/C11H13FN2O3/c1-6-10(8-3-2-7(12)4-13-8)17-5-9(14-6)11(15)16/h2-4,6,9-10,14H,5H2,1H3,(H,15,16). The highest BCUT2D eigenvalue weighted by Gasteiger charge is 2.32. The summed E-state index contributed by atoms with van der Waals surface area (Å²) in [6.45, 7) is 1.88. The van der Waals surface area contributed by atoms with Gasteiger partial charge in [-0.2, -0.15) is 0 Å². The Morgan fingerprint density at radius 1 is 1.65 bits per heavy atom. The van der Waals surface area contributed by atoms with Crippen LogP contribution in [0.4, 0.5) is 4.39 Å². The van der Waals surface area contributed by atoms with Gasteiger partial charge in [-0.3, -0.25) is 15.1 Å². The maximum Gasteiger partial charge on any atom is 0.323 e. The molecule has 0 bridgehead atoms. The van der Waals surface area contributed by atoms with Crippen LogP contribution in [0.25, 0.3) is 0 Å². The molecule has 92 valence electrons. The van der Waals surface area contributed by atoms with Gasteiger partial charge in [0.05, 0.1) is 18.5 Å². The maximum atomic E-state index is 12.7. The average molecular weight is 240 g/mol. The van der Waals surface area contributed by atoms with Gasteiger partial charge in [0, 0.05) is 6.04 Å². The van der Waals surface area contributed by atoms with Crippen LogP contribution >= 0.6 is 0 Å². The van der Waals surface area contributed by atoms with E-state index in [2.05, 4.69) is 10.3 Å². The van der Waals surface area contributed by atoms with E-state index in [1.54, 1.807) is 6.07 Å². The Balaban J connectivity index is 2.09. The lowest BCUT2D eigenvalue weighted by molar-refractivity contribution is -0.145. The number of aromatic nitrogens is 1. The lowest BCUT2D eigenvalue weighted by atomic mass is 10.1. The van der Waals surface area contributed by atoms with Crippen LogP contribution in [-0.2, 0) is 9.53 Å². The first-order valence-electron chi connectivity index (χ1n) is 5.30. The molecule has 0 spiro atoms. The van der Waals surface area contributed by atoms with Gasteiger partial charge < -0.3 is 9.84 Å². The van der Waals surface area contributed by atoms with Crippen molar-refractivity contribution in [1.82, 2.24) is 10.3 Å². The molecule has 0 amide bonds. The van der Waals surface area contributed by atoms with Crippen LogP contribution in [0.15, 0.2) is 18.3 Å². The van der Waals surface area contributed by atoms with Gasteiger partial charge in [-0.1, -0.05) is 0 Å². The number of pyridine rings is 1. The Morgan fingerprint density at radius 2 is 2.41 bits per heavy atom. The molecule has 3 unspecified atom stereocenters. The Hall–Kier alpha value is -1.53. The van der Waals surface area contributed by atoms with Gasteiger partial charge in [0.25, 0.3) is 0 Å². The van der Waals surface area contributed by atoms with Crippen LogP contribution in [-0.4, -0.2) is 34.8 Å². The van der Waals surface area contributed by atoms with Crippen molar-refractivity contribution in [1.29, 1.82) is 0 Å². The molecule has 2 N–H and O–H groups in total. The highest BCUT2D eigenvalue weighted by Crippen LogP contribution is 2.23. The number of carboxylic acid groups (broad SMARTS) is 1. The second-order valence-corrected chi connectivity index (χ2v) is 4.00. The van der Waals surface area contributed by atoms with Crippen molar-refractivity contribution in [3.05, 3.63) is 29.8 Å². The predicted octanol–water partition coefficient (Wildman–Crippen LogP) is 0.723. The molecule has 3 atom stereocenters. The normalized spacial score (nSPS) is 28.9. The molecule has 0 radical (unpaired) electrons. The summed E-state index contributed by atoms with van der Waals surface area (Å²) >= 11 is 0. The first-order valence-corrected chi connectivity index (χ1v) is 5.30. The number of carbonyl (C=O) groups is 1. The number of aliphatic carboxylic acids is 1. The maximum absolute atomic E-state index is 12.7. The second kappa shape index (κ2) is 4.77. The van der Waals surface area contributed by atoms with Crippen LogP contribution in [0.1, 0.15) is 18.7 Å². The van der Waals surface area contributed by atoms with Crippen molar-refractivity contribution in [3.63, 3.8) is 0 Å². The lowest BCUT2D eigenvalue weighted by Crippen LogP contribution is -2.52. The van der Waals surface area contributed by atoms with E-state index in [0.29, 0.717) is 5.69 Å². The van der Waals surface area contributed by atoms with Crippen molar-refractivity contribution in [2.45, 2.75) is 25.1 Å². The number of hydrogen-bond acceptors (Lipinski definition) is 4. The summed E-state index contributed by atoms with van der Waals surface area (Å²) in [6, 6.07) is 1.95. The summed E-state index contributed by atoms with van der Waals surface area (Å²) in [6.07, 6.45) is 0.764. The molecule has 0 aliphatic carbocycles. The Morgan fingerprint density at radius 3 is 2.94 bits per heavy atom. The van der Waals surface area contributed by atoms with Crippen LogP contribution in [0, 0.1) is 5.82 Å². The zero-order chi connectivity index (χ0) is 12.4. The quantitative estimate of drug-likeness (QED) is 0.797. The first kappa shape index (κ1) is 11.9. The van der Waals surface area contributed by atoms with Crippen molar-refractivity contribution in [2.24, 2.45) is 0 Å². The zero-order valence-corrected chi connectivity index (χ0v) is 9.26. The minimum Gasteiger partial charge on any atom is -0.480 e. The topological polar surface area (TPSA) is 71.5 Å². The van der Waals surface area contributed by atoms with Crippen LogP contribution < -0.4 is 5.32 Å². The van der Waals surface area contributed by atoms with E-state index in [-0.39, 0.29) is 18.8 Å². The molecule has 1 aliphatic heterocycles. The number of nitrogens with one attached hydrogen (secondary N) is 1. The number of rotatable bonds is 2. The fourth-order valence-corrected chi connectivity index (χ4v) is 1.84. The van der Waals surface area contributed by atoms with E-state index in [1.165, 1.54) is 6.07 Å². The predicted molar refractivity (Wildman–Crippen MR) is 56.9 cm³/mol. The fraction of sp³-hybridized carbons (Fsp3) is 0.455. The third-order valence-electron chi connectivity index (χ3n) is 2.70. The van der Waals surface area contributed by atoms with Crippen molar-refractivity contribution < 1.29 is 19.0 Å². The molecule has 1 saturated heterocycles. The summed E-state index contributed by atoms with van der Waals surface area (Å²) in [5.74, 6) is -1.35. The van der Waals surface area contributed by atoms with Crippen molar-refractivity contribution >= 4 is 5.97 Å². The van der Waals surface area contributed by atoms with Gasteiger partial charge in [0.15, 0.2) is 0 Å². The largest absolute Gasteiger partial charge is 0.480 e. The van der Waals surface area contributed by atoms with E-state index in [4.69, 9.17) is 9.84 Å². The molecular weight excluding hydrogens is 227 g/mol. The van der Waals surface area contributed by atoms with E-state index in [1.807, 2.05) is 6.92 Å². The monoisotopic (exact) mass is 240 g/mol. The van der Waals surface area contributed by atoms with Crippen LogP contribution in [0.3, 0.4) is 0 Å². The molecule has 1 aliphatic rings. The van der Waals surface area contributed by atoms with Gasteiger partial charge in [-0.25, -0.2) is 4.39 Å². The number of ether oxygens (including phenoxy) is 1. The molecule has 1 aromatic rings. The van der Waals surface area contributed by atoms with Crippen LogP contribution in [0.5, 0.6) is 0 Å². The molecule has 17 heavy (non-hydrogen) atoms. The molecule has 5 nitrogen and oxygen atoms in total. The molecule has 2 rings (SSSR count). The number of morpholine rings is 1. The minimum atomic E-state index is -0.942. The van der Waals surface area contributed by atoms with E-state index >= 15 is 0 Å². The molecule has 2 heterocycles. The summed E-state index contributed by atoms with van der Waals surface area (Å²) in [7, 11) is 0. The van der Waals surface area contributed by atoms with E-state index in [9.17, 15) is 9.18 Å². The second-order valence-electron chi connectivity index (χ2n) is 4.00. The molecular formula is C11H13FN2O3. The number of carboxylic acids is 1. The first-order chi connectivity index (χ1) is 8.08. The van der Waals surface area contributed by atoms with Crippen molar-refractivity contribution in [3.8, 4) is 0 Å². The summed E-state index contributed by atoms with van der Waals surface area (Å²) < 4.78 is 18.2. The van der Waals surface area contributed by atoms with Gasteiger partial charge in [0.2, 0.25) is 0 Å². The van der Waals surface area contributed by atoms with E-state index in [0.717, 1.165) is 6.20 Å². The third kappa shape index (κ3) is 2.59. The molecule has 6 heteroatoms. The number of nitrogens with zero attached hydrogens (tertiary/aromatic N) is 1. The zero-order valence-electron chi connectivity index (χ0n) is 9.26. The number of hydrogen-bond donors (Lipinski definition) is 2. The fourth-order valence-electron chi connectivity index (χ4n) is 1.84. The molecule has 0 aromatic carbocycles. The Kier molecular flexibility index (Phi) is 3.35. The Bertz CT molecular complexity index is 410. The Labute approximate surface area is 97.6 Å². The number of halogens is 1. The van der Waals surface area contributed by atoms with E-state index < -0.39 is 17.8 Å². The van der Waals surface area contributed by atoms with Crippen molar-refractivity contribution in [2.75, 3.05) is 6.61 Å². The SMILES string of the molecule is CC1NC(C(=O)O)COC1c1ccc(F)cn1. The summed E-state index contributed by atoms with van der Waals surface area (Å²) in [4.78, 5) is 14.7. The van der Waals surface area contributed by atoms with Gasteiger partial charge in [-0.15, -0.1) is 0 Å². The molecule has 0 saturated carbocycles. The highest BCUT2D eigenvalue weighted by molar-refractivity contribution is 5.73. The lowest BCUT2D eigenvalue weighted by Gasteiger charge is -2.33. The van der Waals surface area contributed by atoms with Gasteiger partial charge in [0.1, 0.15) is 18.0 Å². The van der Waals surface area contributed by atoms with Gasteiger partial charge in [-0.05, 0) is 19.1 Å². The molecule has 1 fully saturated rings. The average Bonchev–Trinajstić information content (AvgIpc) is 2.30. The smallest absolute Gasteiger partial charge is 0.323 e. The highest BCUT2D eigenvalue weighted by atomic mass is 19.1. The third-order valence-corrected chi connectivity index (χ3v) is 2.70. The summed E-state index contributed by atoms with van der Waals surface area (Å²) in [5, 5.41) is 11.8. The van der Waals surface area contributed by atoms with Gasteiger partial charge >= 0.3 is 5.97 Å².